The summed E-state index contributed by atoms with van der Waals surface area (Å²) < 4.78 is 0. The second-order valence-corrected chi connectivity index (χ2v) is 7.88. The van der Waals surface area contributed by atoms with Gasteiger partial charge in [0.25, 0.3) is 5.91 Å². The van der Waals surface area contributed by atoms with E-state index in [1.807, 2.05) is 11.8 Å². The maximum atomic E-state index is 12.4. The molecule has 1 heterocycles. The molecule has 2 aromatic rings. The van der Waals surface area contributed by atoms with Gasteiger partial charge in [0.1, 0.15) is 0 Å². The van der Waals surface area contributed by atoms with Gasteiger partial charge in [-0.3, -0.25) is 14.4 Å². The van der Waals surface area contributed by atoms with Gasteiger partial charge in [0.15, 0.2) is 0 Å². The number of likely N-dealkylation sites (tertiary alicyclic amines) is 1. The highest BCUT2D eigenvalue weighted by Crippen LogP contribution is 2.25. The van der Waals surface area contributed by atoms with Crippen molar-refractivity contribution in [3.63, 3.8) is 0 Å². The number of hydrogen-bond acceptors (Lipinski definition) is 4. The zero-order valence-electron chi connectivity index (χ0n) is 17.5. The summed E-state index contributed by atoms with van der Waals surface area (Å²) in [5.74, 6) is -0.298. The zero-order valence-corrected chi connectivity index (χ0v) is 18.3. The fraction of sp³-hybridized carbons (Fsp3) is 0.348. The molecule has 0 spiro atoms. The van der Waals surface area contributed by atoms with Crippen molar-refractivity contribution in [1.29, 1.82) is 0 Å². The maximum Gasteiger partial charge on any atom is 0.253 e. The van der Waals surface area contributed by atoms with E-state index in [1.54, 1.807) is 42.5 Å². The highest BCUT2D eigenvalue weighted by Gasteiger charge is 2.19. The number of hydrogen-bond donors (Lipinski definition) is 3. The molecule has 2 aromatic carbocycles. The Labute approximate surface area is 187 Å². The van der Waals surface area contributed by atoms with Gasteiger partial charge in [-0.2, -0.15) is 0 Å². The van der Waals surface area contributed by atoms with E-state index < -0.39 is 0 Å². The van der Waals surface area contributed by atoms with Crippen molar-refractivity contribution in [3.8, 4) is 0 Å². The third kappa shape index (κ3) is 6.46. The number of carbonyl (C=O) groups excluding carboxylic acids is 3. The van der Waals surface area contributed by atoms with E-state index in [4.69, 9.17) is 11.6 Å². The van der Waals surface area contributed by atoms with Crippen molar-refractivity contribution in [2.24, 2.45) is 0 Å². The molecule has 1 aliphatic heterocycles. The SMILES string of the molecule is CCCC(=O)Nc1ccc(Cl)c(NCC(=O)Nc2ccc(C(=O)N3CCCC3)cc2)c1. The first-order chi connectivity index (χ1) is 15.0. The minimum absolute atomic E-state index is 0.000535. The summed E-state index contributed by atoms with van der Waals surface area (Å²) in [5.41, 5.74) is 2.39. The number of nitrogens with one attached hydrogen (secondary N) is 3. The average Bonchev–Trinajstić information content (AvgIpc) is 3.29. The molecule has 3 N–H and O–H groups in total. The van der Waals surface area contributed by atoms with Gasteiger partial charge in [-0.15, -0.1) is 0 Å². The van der Waals surface area contributed by atoms with E-state index in [0.717, 1.165) is 32.4 Å². The lowest BCUT2D eigenvalue weighted by Crippen LogP contribution is -2.27. The highest BCUT2D eigenvalue weighted by atomic mass is 35.5. The van der Waals surface area contributed by atoms with Gasteiger partial charge in [-0.25, -0.2) is 0 Å². The summed E-state index contributed by atoms with van der Waals surface area (Å²) >= 11 is 6.20. The van der Waals surface area contributed by atoms with Crippen LogP contribution >= 0.6 is 11.6 Å². The van der Waals surface area contributed by atoms with Crippen molar-refractivity contribution in [1.82, 2.24) is 4.90 Å². The largest absolute Gasteiger partial charge is 0.375 e. The first kappa shape index (κ1) is 22.6. The Balaban J connectivity index is 1.53. The number of carbonyl (C=O) groups is 3. The fourth-order valence-electron chi connectivity index (χ4n) is 3.37. The number of amides is 3. The van der Waals surface area contributed by atoms with Crippen LogP contribution in [0.2, 0.25) is 5.02 Å². The third-order valence-electron chi connectivity index (χ3n) is 4.98. The van der Waals surface area contributed by atoms with Crippen LogP contribution in [0.15, 0.2) is 42.5 Å². The number of anilines is 3. The molecule has 0 bridgehead atoms. The summed E-state index contributed by atoms with van der Waals surface area (Å²) in [5, 5.41) is 9.03. The van der Waals surface area contributed by atoms with Crippen molar-refractivity contribution < 1.29 is 14.4 Å². The molecule has 0 unspecified atom stereocenters. The number of nitrogens with zero attached hydrogens (tertiary/aromatic N) is 1. The molecule has 31 heavy (non-hydrogen) atoms. The van der Waals surface area contributed by atoms with E-state index in [0.29, 0.717) is 34.1 Å². The van der Waals surface area contributed by atoms with Gasteiger partial charge in [0.05, 0.1) is 17.3 Å². The molecule has 0 aromatic heterocycles. The Morgan fingerprint density at radius 3 is 2.26 bits per heavy atom. The Morgan fingerprint density at radius 1 is 0.935 bits per heavy atom. The van der Waals surface area contributed by atoms with Crippen LogP contribution in [0.25, 0.3) is 0 Å². The van der Waals surface area contributed by atoms with Gasteiger partial charge < -0.3 is 20.9 Å². The number of halogens is 1. The molecule has 1 fully saturated rings. The second kappa shape index (κ2) is 10.8. The molecule has 3 rings (SSSR count). The first-order valence-electron chi connectivity index (χ1n) is 10.5. The molecule has 0 radical (unpaired) electrons. The van der Waals surface area contributed by atoms with Gasteiger partial charge in [0.2, 0.25) is 11.8 Å². The molecular weight excluding hydrogens is 416 g/mol. The van der Waals surface area contributed by atoms with Crippen LogP contribution in [0.3, 0.4) is 0 Å². The Kier molecular flexibility index (Phi) is 7.89. The van der Waals surface area contributed by atoms with Crippen molar-refractivity contribution in [2.45, 2.75) is 32.6 Å². The zero-order chi connectivity index (χ0) is 22.2. The third-order valence-corrected chi connectivity index (χ3v) is 5.31. The minimum atomic E-state index is -0.255. The maximum absolute atomic E-state index is 12.4. The Morgan fingerprint density at radius 2 is 1.58 bits per heavy atom. The van der Waals surface area contributed by atoms with E-state index in [9.17, 15) is 14.4 Å². The summed E-state index contributed by atoms with van der Waals surface area (Å²) in [4.78, 5) is 38.3. The lowest BCUT2D eigenvalue weighted by Gasteiger charge is -2.15. The van der Waals surface area contributed by atoms with Crippen LogP contribution in [0.1, 0.15) is 43.0 Å². The Bertz CT molecular complexity index is 940. The van der Waals surface area contributed by atoms with E-state index >= 15 is 0 Å². The second-order valence-electron chi connectivity index (χ2n) is 7.47. The predicted octanol–water partition coefficient (Wildman–Crippen LogP) is 4.37. The fourth-order valence-corrected chi connectivity index (χ4v) is 3.55. The highest BCUT2D eigenvalue weighted by molar-refractivity contribution is 6.33. The lowest BCUT2D eigenvalue weighted by atomic mass is 10.2. The molecule has 0 saturated carbocycles. The van der Waals surface area contributed by atoms with Crippen LogP contribution < -0.4 is 16.0 Å². The van der Waals surface area contributed by atoms with E-state index in [1.165, 1.54) is 0 Å². The quantitative estimate of drug-likeness (QED) is 0.566. The summed E-state index contributed by atoms with van der Waals surface area (Å²) in [7, 11) is 0. The smallest absolute Gasteiger partial charge is 0.253 e. The molecule has 0 aliphatic carbocycles. The number of rotatable bonds is 8. The van der Waals surface area contributed by atoms with Gasteiger partial charge >= 0.3 is 0 Å². The van der Waals surface area contributed by atoms with E-state index in [2.05, 4.69) is 16.0 Å². The topological polar surface area (TPSA) is 90.5 Å². The average molecular weight is 443 g/mol. The summed E-state index contributed by atoms with van der Waals surface area (Å²) in [6, 6.07) is 12.0. The molecular formula is C23H27ClN4O3. The van der Waals surface area contributed by atoms with Crippen LogP contribution in [-0.4, -0.2) is 42.3 Å². The lowest BCUT2D eigenvalue weighted by molar-refractivity contribution is -0.116. The van der Waals surface area contributed by atoms with Gasteiger partial charge in [-0.05, 0) is 61.7 Å². The normalized spacial score (nSPS) is 13.0. The van der Waals surface area contributed by atoms with Crippen LogP contribution in [0, 0.1) is 0 Å². The van der Waals surface area contributed by atoms with Crippen molar-refractivity contribution in [3.05, 3.63) is 53.1 Å². The summed E-state index contributed by atoms with van der Waals surface area (Å²) in [6.45, 7) is 3.54. The monoisotopic (exact) mass is 442 g/mol. The van der Waals surface area contributed by atoms with Crippen molar-refractivity contribution in [2.75, 3.05) is 35.6 Å². The van der Waals surface area contributed by atoms with Crippen LogP contribution in [0.4, 0.5) is 17.1 Å². The molecule has 8 heteroatoms. The molecule has 7 nitrogen and oxygen atoms in total. The van der Waals surface area contributed by atoms with Gasteiger partial charge in [-0.1, -0.05) is 18.5 Å². The standard InChI is InChI=1S/C23H27ClN4O3/c1-2-5-21(29)27-18-10-11-19(24)20(14-18)25-15-22(30)26-17-8-6-16(7-9-17)23(31)28-12-3-4-13-28/h6-11,14,25H,2-5,12-13,15H2,1H3,(H,26,30)(H,27,29). The van der Waals surface area contributed by atoms with Crippen LogP contribution in [-0.2, 0) is 9.59 Å². The molecule has 1 aliphatic rings. The van der Waals surface area contributed by atoms with Gasteiger partial charge in [0, 0.05) is 36.4 Å². The summed E-state index contributed by atoms with van der Waals surface area (Å²) in [6.07, 6.45) is 3.30. The molecule has 1 saturated heterocycles. The molecule has 3 amide bonds. The Hall–Kier alpha value is -3.06. The first-order valence-corrected chi connectivity index (χ1v) is 10.9. The molecule has 0 atom stereocenters. The van der Waals surface area contributed by atoms with E-state index in [-0.39, 0.29) is 24.3 Å². The predicted molar refractivity (Wildman–Crippen MR) is 124 cm³/mol. The number of benzene rings is 2. The van der Waals surface area contributed by atoms with Crippen molar-refractivity contribution >= 4 is 46.4 Å². The minimum Gasteiger partial charge on any atom is -0.375 e. The molecule has 164 valence electrons. The van der Waals surface area contributed by atoms with Crippen LogP contribution in [0.5, 0.6) is 0 Å².